The summed E-state index contributed by atoms with van der Waals surface area (Å²) in [6.07, 6.45) is 0. The quantitative estimate of drug-likeness (QED) is 0.689. The molecule has 1 aromatic heterocycles. The van der Waals surface area contributed by atoms with Crippen LogP contribution in [-0.4, -0.2) is 10.8 Å². The number of carbonyl (C=O) groups is 1. The summed E-state index contributed by atoms with van der Waals surface area (Å²) in [6.45, 7) is 2.11. The third-order valence-electron chi connectivity index (χ3n) is 2.63. The molecule has 1 amide bonds. The molecule has 0 unspecified atom stereocenters. The van der Waals surface area contributed by atoms with Crippen LogP contribution in [0.4, 0.5) is 5.00 Å². The highest BCUT2D eigenvalue weighted by Gasteiger charge is 2.18. The Bertz CT molecular complexity index is 608. The van der Waals surface area contributed by atoms with Gasteiger partial charge in [0.25, 0.3) is 5.91 Å². The van der Waals surface area contributed by atoms with Crippen LogP contribution in [0.2, 0.25) is 0 Å². The smallest absolute Gasteiger partial charge is 0.325 e. The third kappa shape index (κ3) is 3.17. The highest BCUT2D eigenvalue weighted by Crippen LogP contribution is 2.27. The summed E-state index contributed by atoms with van der Waals surface area (Å²) in [6, 6.07) is 10.8. The number of aryl methyl sites for hydroxylation is 1. The number of benzene rings is 1. The summed E-state index contributed by atoms with van der Waals surface area (Å²) in [4.78, 5) is 22.8. The number of thiophene rings is 1. The summed E-state index contributed by atoms with van der Waals surface area (Å²) < 4.78 is 0. The first-order valence-electron chi connectivity index (χ1n) is 5.65. The monoisotopic (exact) mass is 276 g/mol. The maximum atomic E-state index is 11.9. The van der Waals surface area contributed by atoms with Gasteiger partial charge in [-0.05, 0) is 12.5 Å². The van der Waals surface area contributed by atoms with Gasteiger partial charge >= 0.3 is 5.00 Å². The number of amides is 1. The van der Waals surface area contributed by atoms with Gasteiger partial charge in [-0.1, -0.05) is 41.7 Å². The van der Waals surface area contributed by atoms with Crippen molar-refractivity contribution >= 4 is 22.2 Å². The topological polar surface area (TPSA) is 72.2 Å². The largest absolute Gasteiger partial charge is 0.348 e. The Balaban J connectivity index is 2.06. The van der Waals surface area contributed by atoms with E-state index in [1.807, 2.05) is 30.3 Å². The predicted molar refractivity (Wildman–Crippen MR) is 73.3 cm³/mol. The van der Waals surface area contributed by atoms with Crippen LogP contribution < -0.4 is 5.32 Å². The van der Waals surface area contributed by atoms with Crippen LogP contribution in [-0.2, 0) is 6.54 Å². The lowest BCUT2D eigenvalue weighted by Gasteiger charge is -2.04. The van der Waals surface area contributed by atoms with Crippen molar-refractivity contribution < 1.29 is 9.72 Å². The molecular weight excluding hydrogens is 264 g/mol. The zero-order valence-electron chi connectivity index (χ0n) is 10.3. The van der Waals surface area contributed by atoms with E-state index in [9.17, 15) is 14.9 Å². The fourth-order valence-corrected chi connectivity index (χ4v) is 2.48. The van der Waals surface area contributed by atoms with Crippen molar-refractivity contribution in [3.63, 3.8) is 0 Å². The molecule has 19 heavy (non-hydrogen) atoms. The summed E-state index contributed by atoms with van der Waals surface area (Å²) >= 11 is 1.01. The van der Waals surface area contributed by atoms with Crippen LogP contribution in [0.1, 0.15) is 20.8 Å². The van der Waals surface area contributed by atoms with E-state index in [0.717, 1.165) is 16.9 Å². The van der Waals surface area contributed by atoms with Gasteiger partial charge < -0.3 is 5.32 Å². The minimum absolute atomic E-state index is 0.0117. The number of nitrogens with one attached hydrogen (secondary N) is 1. The zero-order valence-corrected chi connectivity index (χ0v) is 11.1. The van der Waals surface area contributed by atoms with E-state index in [1.54, 1.807) is 6.92 Å². The Kier molecular flexibility index (Phi) is 3.91. The molecule has 0 radical (unpaired) electrons. The average molecular weight is 276 g/mol. The van der Waals surface area contributed by atoms with Crippen LogP contribution in [0.15, 0.2) is 36.4 Å². The summed E-state index contributed by atoms with van der Waals surface area (Å²) in [5.74, 6) is -0.286. The number of nitrogens with zero attached hydrogens (tertiary/aromatic N) is 1. The predicted octanol–water partition coefficient (Wildman–Crippen LogP) is 2.89. The second-order valence-corrected chi connectivity index (χ2v) is 5.21. The van der Waals surface area contributed by atoms with Crippen LogP contribution in [0.25, 0.3) is 0 Å². The zero-order chi connectivity index (χ0) is 13.8. The molecule has 98 valence electrons. The van der Waals surface area contributed by atoms with Gasteiger partial charge in [-0.25, -0.2) is 0 Å². The van der Waals surface area contributed by atoms with Gasteiger partial charge in [-0.2, -0.15) is 0 Å². The lowest BCUT2D eigenvalue weighted by Crippen LogP contribution is -2.22. The van der Waals surface area contributed by atoms with E-state index in [0.29, 0.717) is 17.0 Å². The molecule has 2 rings (SSSR count). The van der Waals surface area contributed by atoms with Gasteiger partial charge in [0.15, 0.2) is 0 Å². The Labute approximate surface area is 114 Å². The molecule has 0 fully saturated rings. The number of nitro groups is 1. The first-order chi connectivity index (χ1) is 9.08. The number of carbonyl (C=O) groups excluding carboxylic acids is 1. The fraction of sp³-hybridized carbons (Fsp3) is 0.154. The fourth-order valence-electron chi connectivity index (χ4n) is 1.66. The molecule has 1 heterocycles. The van der Waals surface area contributed by atoms with Crippen molar-refractivity contribution in [1.82, 2.24) is 5.32 Å². The molecule has 6 heteroatoms. The van der Waals surface area contributed by atoms with Gasteiger partial charge in [0.1, 0.15) is 0 Å². The second-order valence-electron chi connectivity index (χ2n) is 3.98. The molecule has 0 spiro atoms. The van der Waals surface area contributed by atoms with Crippen molar-refractivity contribution in [2.75, 3.05) is 0 Å². The van der Waals surface area contributed by atoms with Crippen LogP contribution in [0.5, 0.6) is 0 Å². The van der Waals surface area contributed by atoms with E-state index < -0.39 is 4.92 Å². The Morgan fingerprint density at radius 2 is 2.05 bits per heavy atom. The molecule has 0 aliphatic heterocycles. The van der Waals surface area contributed by atoms with E-state index in [1.165, 1.54) is 6.07 Å². The van der Waals surface area contributed by atoms with Gasteiger partial charge in [0, 0.05) is 17.5 Å². The first-order valence-corrected chi connectivity index (χ1v) is 6.46. The van der Waals surface area contributed by atoms with Gasteiger partial charge in [0.2, 0.25) is 0 Å². The second kappa shape index (κ2) is 5.62. The van der Waals surface area contributed by atoms with Gasteiger partial charge in [0.05, 0.1) is 10.5 Å². The lowest BCUT2D eigenvalue weighted by molar-refractivity contribution is -0.380. The van der Waals surface area contributed by atoms with Crippen LogP contribution >= 0.6 is 11.3 Å². The molecule has 5 nitrogen and oxygen atoms in total. The highest BCUT2D eigenvalue weighted by atomic mass is 32.1. The average Bonchev–Trinajstić information content (AvgIpc) is 2.80. The maximum Gasteiger partial charge on any atom is 0.325 e. The SMILES string of the molecule is Cc1sc([N+](=O)[O-])cc1C(=O)NCc1ccccc1. The van der Waals surface area contributed by atoms with Crippen molar-refractivity contribution in [1.29, 1.82) is 0 Å². The maximum absolute atomic E-state index is 11.9. The summed E-state index contributed by atoms with van der Waals surface area (Å²) in [7, 11) is 0. The Morgan fingerprint density at radius 1 is 1.37 bits per heavy atom. The van der Waals surface area contributed by atoms with Crippen molar-refractivity contribution in [2.45, 2.75) is 13.5 Å². The van der Waals surface area contributed by atoms with E-state index in [-0.39, 0.29) is 10.9 Å². The molecule has 0 bridgehead atoms. The van der Waals surface area contributed by atoms with Gasteiger partial charge in [-0.3, -0.25) is 14.9 Å². The Morgan fingerprint density at radius 3 is 2.63 bits per heavy atom. The number of rotatable bonds is 4. The normalized spacial score (nSPS) is 10.2. The highest BCUT2D eigenvalue weighted by molar-refractivity contribution is 7.15. The van der Waals surface area contributed by atoms with Crippen LogP contribution in [0, 0.1) is 17.0 Å². The third-order valence-corrected chi connectivity index (χ3v) is 3.63. The number of hydrogen-bond donors (Lipinski definition) is 1. The van der Waals surface area contributed by atoms with Crippen LogP contribution in [0.3, 0.4) is 0 Å². The lowest BCUT2D eigenvalue weighted by atomic mass is 10.2. The summed E-state index contributed by atoms with van der Waals surface area (Å²) in [5, 5.41) is 13.4. The molecule has 0 saturated carbocycles. The van der Waals surface area contributed by atoms with Crippen molar-refractivity contribution in [2.24, 2.45) is 0 Å². The minimum Gasteiger partial charge on any atom is -0.348 e. The minimum atomic E-state index is -0.481. The molecule has 1 N–H and O–H groups in total. The first kappa shape index (κ1) is 13.2. The van der Waals surface area contributed by atoms with E-state index >= 15 is 0 Å². The standard InChI is InChI=1S/C13H12N2O3S/c1-9-11(7-12(19-9)15(17)18)13(16)14-8-10-5-3-2-4-6-10/h2-7H,8H2,1H3,(H,14,16). The molecule has 0 aliphatic rings. The van der Waals surface area contributed by atoms with Crippen molar-refractivity contribution in [3.8, 4) is 0 Å². The number of hydrogen-bond acceptors (Lipinski definition) is 4. The van der Waals surface area contributed by atoms with E-state index in [4.69, 9.17) is 0 Å². The Hall–Kier alpha value is -2.21. The molecular formula is C13H12N2O3S. The molecule has 0 atom stereocenters. The van der Waals surface area contributed by atoms with Crippen molar-refractivity contribution in [3.05, 3.63) is 62.5 Å². The van der Waals surface area contributed by atoms with Gasteiger partial charge in [-0.15, -0.1) is 0 Å². The summed E-state index contributed by atoms with van der Waals surface area (Å²) in [5.41, 5.74) is 1.35. The molecule has 0 aliphatic carbocycles. The van der Waals surface area contributed by atoms with E-state index in [2.05, 4.69) is 5.32 Å². The molecule has 1 aromatic carbocycles. The molecule has 2 aromatic rings. The molecule has 0 saturated heterocycles.